The van der Waals surface area contributed by atoms with E-state index < -0.39 is 11.6 Å². The minimum absolute atomic E-state index is 0.0332. The van der Waals surface area contributed by atoms with Crippen LogP contribution in [0.4, 0.5) is 20.5 Å². The van der Waals surface area contributed by atoms with Gasteiger partial charge in [0, 0.05) is 55.9 Å². The van der Waals surface area contributed by atoms with E-state index in [1.54, 1.807) is 6.07 Å². The molecular formula is C28H30F2N8. The van der Waals surface area contributed by atoms with Crippen LogP contribution in [-0.4, -0.2) is 66.5 Å². The molecule has 0 saturated carbocycles. The van der Waals surface area contributed by atoms with Crippen LogP contribution in [0.5, 0.6) is 0 Å². The Morgan fingerprint density at radius 3 is 2.55 bits per heavy atom. The fourth-order valence-electron chi connectivity index (χ4n) is 6.40. The van der Waals surface area contributed by atoms with Gasteiger partial charge < -0.3 is 9.88 Å². The number of likely N-dealkylation sites (N-methyl/N-ethyl adjacent to an activating group) is 1. The lowest BCUT2D eigenvalue weighted by atomic mass is 10.1. The molecule has 4 aromatic rings. The quantitative estimate of drug-likeness (QED) is 0.412. The lowest BCUT2D eigenvalue weighted by Gasteiger charge is -2.38. The third-order valence-corrected chi connectivity index (χ3v) is 8.46. The summed E-state index contributed by atoms with van der Waals surface area (Å²) in [5.74, 6) is 0.528. The van der Waals surface area contributed by atoms with Crippen LogP contribution in [0.2, 0.25) is 0 Å². The Labute approximate surface area is 219 Å². The highest BCUT2D eigenvalue weighted by atomic mass is 19.1. The van der Waals surface area contributed by atoms with Crippen LogP contribution >= 0.6 is 0 Å². The number of nitrogens with zero attached hydrogens (tertiary/aromatic N) is 7. The molecule has 2 bridgehead atoms. The molecule has 196 valence electrons. The van der Waals surface area contributed by atoms with Gasteiger partial charge in [-0.3, -0.25) is 9.80 Å². The number of benzene rings is 1. The lowest BCUT2D eigenvalue weighted by Crippen LogP contribution is -2.51. The molecule has 0 spiro atoms. The Morgan fingerprint density at radius 1 is 0.974 bits per heavy atom. The molecule has 0 radical (unpaired) electrons. The molecule has 3 aromatic heterocycles. The number of nitrogens with one attached hydrogen (secondary N) is 1. The van der Waals surface area contributed by atoms with Gasteiger partial charge in [-0.15, -0.1) is 0 Å². The van der Waals surface area contributed by atoms with E-state index >= 15 is 0 Å². The first kappa shape index (κ1) is 23.6. The Bertz CT molecular complexity index is 1500. The number of imidazole rings is 1. The van der Waals surface area contributed by atoms with Crippen molar-refractivity contribution in [2.45, 2.75) is 57.3 Å². The van der Waals surface area contributed by atoms with Crippen LogP contribution in [0.25, 0.3) is 22.3 Å². The summed E-state index contributed by atoms with van der Waals surface area (Å²) in [4.78, 5) is 22.5. The molecule has 2 saturated heterocycles. The fraction of sp³-hybridized carbons (Fsp3) is 0.429. The van der Waals surface area contributed by atoms with Crippen molar-refractivity contribution in [3.8, 4) is 11.3 Å². The molecule has 10 heteroatoms. The van der Waals surface area contributed by atoms with Crippen LogP contribution in [-0.2, 0) is 13.0 Å². The number of anilines is 2. The van der Waals surface area contributed by atoms with E-state index in [1.165, 1.54) is 18.9 Å². The molecule has 2 unspecified atom stereocenters. The number of halogens is 2. The lowest BCUT2D eigenvalue weighted by molar-refractivity contribution is 0.0837. The van der Waals surface area contributed by atoms with E-state index in [4.69, 9.17) is 0 Å². The van der Waals surface area contributed by atoms with E-state index in [0.29, 0.717) is 34.5 Å². The maximum Gasteiger partial charge on any atom is 0.229 e. The molecule has 8 nitrogen and oxygen atoms in total. The third kappa shape index (κ3) is 4.03. The minimum atomic E-state index is -0.618. The van der Waals surface area contributed by atoms with E-state index in [1.807, 2.05) is 22.9 Å². The van der Waals surface area contributed by atoms with E-state index in [-0.39, 0.29) is 17.7 Å². The topological polar surface area (TPSA) is 75.0 Å². The molecule has 6 heterocycles. The summed E-state index contributed by atoms with van der Waals surface area (Å²) in [6, 6.07) is 8.52. The SMILES string of the molecule is C[C@@H]1CCc2nc3c(F)cc(-c4nc(Nc5ccc(CN6CC7CCC(C6)N7C)cn5)ncc4F)cc3n21. The van der Waals surface area contributed by atoms with Gasteiger partial charge in [0.1, 0.15) is 22.9 Å². The van der Waals surface area contributed by atoms with Gasteiger partial charge in [0.25, 0.3) is 0 Å². The summed E-state index contributed by atoms with van der Waals surface area (Å²) in [6.07, 6.45) is 7.29. The van der Waals surface area contributed by atoms with Gasteiger partial charge >= 0.3 is 0 Å². The van der Waals surface area contributed by atoms with Gasteiger partial charge in [0.2, 0.25) is 5.95 Å². The van der Waals surface area contributed by atoms with E-state index in [9.17, 15) is 8.78 Å². The molecule has 1 aromatic carbocycles. The van der Waals surface area contributed by atoms with Crippen LogP contribution in [0.1, 0.15) is 43.6 Å². The predicted octanol–water partition coefficient (Wildman–Crippen LogP) is 4.70. The highest BCUT2D eigenvalue weighted by Crippen LogP contribution is 2.35. The van der Waals surface area contributed by atoms with Crippen molar-refractivity contribution < 1.29 is 8.78 Å². The van der Waals surface area contributed by atoms with Gasteiger partial charge in [-0.25, -0.2) is 28.7 Å². The van der Waals surface area contributed by atoms with Gasteiger partial charge in [0.05, 0.1) is 11.7 Å². The first-order chi connectivity index (χ1) is 18.4. The number of rotatable bonds is 5. The molecular weight excluding hydrogens is 486 g/mol. The van der Waals surface area contributed by atoms with Crippen molar-refractivity contribution in [1.82, 2.24) is 34.3 Å². The zero-order chi connectivity index (χ0) is 26.0. The second-order valence-electron chi connectivity index (χ2n) is 10.9. The standard InChI is InChI=1S/C28H30F2N8/c1-16-3-8-25-34-27-21(29)9-18(10-23(27)38(16)25)26-22(30)12-32-28(35-26)33-24-7-4-17(11-31-24)13-37-14-19-5-6-20(15-37)36(19)2/h4,7,9-12,16,19-20H,3,5-6,8,13-15H2,1-2H3,(H,31,32,33,35)/t16-,19?,20?/m1/s1. The average molecular weight is 517 g/mol. The number of hydrogen-bond donors (Lipinski definition) is 1. The number of aromatic nitrogens is 5. The maximum atomic E-state index is 15.0. The first-order valence-corrected chi connectivity index (χ1v) is 13.3. The van der Waals surface area contributed by atoms with Crippen molar-refractivity contribution >= 4 is 22.8 Å². The number of piperazine rings is 1. The van der Waals surface area contributed by atoms with Gasteiger partial charge in [-0.1, -0.05) is 6.07 Å². The Balaban J connectivity index is 1.10. The third-order valence-electron chi connectivity index (χ3n) is 8.46. The summed E-state index contributed by atoms with van der Waals surface area (Å²) in [7, 11) is 2.24. The summed E-state index contributed by atoms with van der Waals surface area (Å²) < 4.78 is 31.9. The van der Waals surface area contributed by atoms with Crippen molar-refractivity contribution in [1.29, 1.82) is 0 Å². The van der Waals surface area contributed by atoms with Gasteiger partial charge in [0.15, 0.2) is 11.6 Å². The first-order valence-electron chi connectivity index (χ1n) is 13.3. The smallest absolute Gasteiger partial charge is 0.229 e. The average Bonchev–Trinajstić information content (AvgIpc) is 3.51. The molecule has 3 aliphatic heterocycles. The highest BCUT2D eigenvalue weighted by molar-refractivity contribution is 5.83. The molecule has 0 amide bonds. The van der Waals surface area contributed by atoms with Crippen molar-refractivity contribution in [2.24, 2.45) is 0 Å². The maximum absolute atomic E-state index is 15.0. The zero-order valence-corrected chi connectivity index (χ0v) is 21.5. The zero-order valence-electron chi connectivity index (χ0n) is 21.5. The summed E-state index contributed by atoms with van der Waals surface area (Å²) >= 11 is 0. The number of hydrogen-bond acceptors (Lipinski definition) is 7. The molecule has 0 aliphatic carbocycles. The van der Waals surface area contributed by atoms with Crippen LogP contribution < -0.4 is 5.32 Å². The molecule has 2 fully saturated rings. The van der Waals surface area contributed by atoms with Gasteiger partial charge in [-0.2, -0.15) is 0 Å². The summed E-state index contributed by atoms with van der Waals surface area (Å²) in [5, 5.41) is 3.07. The Hall–Kier alpha value is -3.50. The number of fused-ring (bicyclic) bond motifs is 5. The molecule has 1 N–H and O–H groups in total. The fourth-order valence-corrected chi connectivity index (χ4v) is 6.40. The Kier molecular flexibility index (Phi) is 5.63. The molecule has 3 atom stereocenters. The van der Waals surface area contributed by atoms with Gasteiger partial charge in [-0.05, 0) is 57.0 Å². The number of aryl methyl sites for hydroxylation is 1. The second kappa shape index (κ2) is 9.06. The minimum Gasteiger partial charge on any atom is -0.325 e. The van der Waals surface area contributed by atoms with Crippen molar-refractivity contribution in [2.75, 3.05) is 25.5 Å². The number of pyridine rings is 1. The summed E-state index contributed by atoms with van der Waals surface area (Å²) in [5.41, 5.74) is 2.51. The highest BCUT2D eigenvalue weighted by Gasteiger charge is 2.37. The monoisotopic (exact) mass is 516 g/mol. The molecule has 3 aliphatic rings. The van der Waals surface area contributed by atoms with Crippen LogP contribution in [0.15, 0.2) is 36.7 Å². The van der Waals surface area contributed by atoms with Crippen molar-refractivity contribution in [3.63, 3.8) is 0 Å². The van der Waals surface area contributed by atoms with Crippen molar-refractivity contribution in [3.05, 3.63) is 59.7 Å². The van der Waals surface area contributed by atoms with E-state index in [0.717, 1.165) is 50.1 Å². The predicted molar refractivity (Wildman–Crippen MR) is 141 cm³/mol. The Morgan fingerprint density at radius 2 is 1.79 bits per heavy atom. The van der Waals surface area contributed by atoms with E-state index in [2.05, 4.69) is 49.0 Å². The second-order valence-corrected chi connectivity index (χ2v) is 10.9. The molecule has 7 rings (SSSR count). The molecule has 38 heavy (non-hydrogen) atoms. The van der Waals surface area contributed by atoms with Crippen LogP contribution in [0.3, 0.4) is 0 Å². The number of likely N-dealkylation sites (tertiary alicyclic amines) is 1. The van der Waals surface area contributed by atoms with Crippen LogP contribution in [0, 0.1) is 11.6 Å². The largest absolute Gasteiger partial charge is 0.325 e. The normalized spacial score (nSPS) is 23.3. The summed E-state index contributed by atoms with van der Waals surface area (Å²) in [6.45, 7) is 5.14.